The normalized spacial score (nSPS) is 18.0. The van der Waals surface area contributed by atoms with Crippen LogP contribution in [0.2, 0.25) is 5.02 Å². The molecule has 1 heterocycles. The molecule has 1 saturated heterocycles. The standard InChI is InChI=1S/C16H22ClN3O3S.ClH/c17-14-6-5-13(19-16(21)11-18-10-12-3-4-12)9-15(14)24(22,23)20-7-1-2-8-20;/h5-6,9,12,18H,1-4,7-8,10-11H2,(H,19,21);1H. The van der Waals surface area contributed by atoms with Crippen molar-refractivity contribution in [2.24, 2.45) is 5.92 Å². The van der Waals surface area contributed by atoms with Gasteiger partial charge in [0, 0.05) is 18.8 Å². The summed E-state index contributed by atoms with van der Waals surface area (Å²) in [6, 6.07) is 4.57. The molecular weight excluding hydrogens is 385 g/mol. The molecule has 6 nitrogen and oxygen atoms in total. The fourth-order valence-electron chi connectivity index (χ4n) is 2.76. The predicted molar refractivity (Wildman–Crippen MR) is 101 cm³/mol. The van der Waals surface area contributed by atoms with Gasteiger partial charge in [-0.3, -0.25) is 4.79 Å². The number of hydrogen-bond donors (Lipinski definition) is 2. The highest BCUT2D eigenvalue weighted by Crippen LogP contribution is 2.29. The maximum absolute atomic E-state index is 12.7. The Bertz CT molecular complexity index is 717. The average Bonchev–Trinajstić information content (AvgIpc) is 3.18. The minimum Gasteiger partial charge on any atom is -0.325 e. The SMILES string of the molecule is Cl.O=C(CNCC1CC1)Nc1ccc(Cl)c(S(=O)(=O)N2CCCC2)c1. The van der Waals surface area contributed by atoms with Crippen LogP contribution in [0.1, 0.15) is 25.7 Å². The molecule has 0 radical (unpaired) electrons. The summed E-state index contributed by atoms with van der Waals surface area (Å²) in [7, 11) is -3.61. The largest absolute Gasteiger partial charge is 0.325 e. The molecule has 2 fully saturated rings. The van der Waals surface area contributed by atoms with Crippen LogP contribution in [0.5, 0.6) is 0 Å². The van der Waals surface area contributed by atoms with Crippen LogP contribution in [0.25, 0.3) is 0 Å². The van der Waals surface area contributed by atoms with E-state index in [1.54, 1.807) is 6.07 Å². The van der Waals surface area contributed by atoms with Crippen molar-refractivity contribution in [2.45, 2.75) is 30.6 Å². The first-order valence-corrected chi connectivity index (χ1v) is 10.1. The summed E-state index contributed by atoms with van der Waals surface area (Å²) >= 11 is 6.09. The van der Waals surface area contributed by atoms with Gasteiger partial charge in [0.2, 0.25) is 15.9 Å². The zero-order chi connectivity index (χ0) is 17.2. The van der Waals surface area contributed by atoms with E-state index in [4.69, 9.17) is 11.6 Å². The van der Waals surface area contributed by atoms with Crippen molar-refractivity contribution in [1.29, 1.82) is 0 Å². The summed E-state index contributed by atoms with van der Waals surface area (Å²) in [5, 5.41) is 6.00. The van der Waals surface area contributed by atoms with Crippen LogP contribution in [-0.2, 0) is 14.8 Å². The highest BCUT2D eigenvalue weighted by molar-refractivity contribution is 7.89. The summed E-state index contributed by atoms with van der Waals surface area (Å²) in [5.74, 6) is 0.507. The van der Waals surface area contributed by atoms with E-state index in [2.05, 4.69) is 10.6 Å². The molecular formula is C16H23Cl2N3O3S. The van der Waals surface area contributed by atoms with Gasteiger partial charge in [-0.05, 0) is 56.3 Å². The van der Waals surface area contributed by atoms with E-state index in [0.717, 1.165) is 19.4 Å². The van der Waals surface area contributed by atoms with Crippen molar-refractivity contribution in [3.63, 3.8) is 0 Å². The summed E-state index contributed by atoms with van der Waals surface area (Å²) in [6.45, 7) is 2.09. The van der Waals surface area contributed by atoms with Crippen LogP contribution < -0.4 is 10.6 Å². The number of anilines is 1. The Morgan fingerprint density at radius 3 is 2.56 bits per heavy atom. The summed E-state index contributed by atoms with van der Waals surface area (Å²) in [4.78, 5) is 12.0. The van der Waals surface area contributed by atoms with E-state index in [0.29, 0.717) is 24.7 Å². The van der Waals surface area contributed by atoms with Crippen LogP contribution >= 0.6 is 24.0 Å². The minimum atomic E-state index is -3.61. The van der Waals surface area contributed by atoms with Gasteiger partial charge in [-0.15, -0.1) is 12.4 Å². The highest BCUT2D eigenvalue weighted by Gasteiger charge is 2.29. The first kappa shape index (κ1) is 20.5. The number of hydrogen-bond acceptors (Lipinski definition) is 4. The molecule has 0 unspecified atom stereocenters. The fraction of sp³-hybridized carbons (Fsp3) is 0.562. The number of benzene rings is 1. The number of amides is 1. The number of sulfonamides is 1. The topological polar surface area (TPSA) is 78.5 Å². The molecule has 1 aromatic rings. The van der Waals surface area contributed by atoms with Crippen molar-refractivity contribution < 1.29 is 13.2 Å². The first-order chi connectivity index (χ1) is 11.5. The lowest BCUT2D eigenvalue weighted by atomic mass is 10.3. The predicted octanol–water partition coefficient (Wildman–Crippen LogP) is 2.48. The van der Waals surface area contributed by atoms with Crippen LogP contribution in [0.3, 0.4) is 0 Å². The number of halogens is 2. The summed E-state index contributed by atoms with van der Waals surface area (Å²) in [5.41, 5.74) is 0.440. The maximum atomic E-state index is 12.7. The van der Waals surface area contributed by atoms with Gasteiger partial charge in [0.15, 0.2) is 0 Å². The Hall–Kier alpha value is -0.860. The Labute approximate surface area is 159 Å². The molecule has 2 aliphatic rings. The van der Waals surface area contributed by atoms with Crippen molar-refractivity contribution in [3.8, 4) is 0 Å². The van der Waals surface area contributed by atoms with Gasteiger partial charge in [-0.2, -0.15) is 4.31 Å². The minimum absolute atomic E-state index is 0. The highest BCUT2D eigenvalue weighted by atomic mass is 35.5. The Morgan fingerprint density at radius 2 is 1.92 bits per heavy atom. The van der Waals surface area contributed by atoms with E-state index < -0.39 is 10.0 Å². The van der Waals surface area contributed by atoms with Gasteiger partial charge in [0.25, 0.3) is 0 Å². The Balaban J connectivity index is 0.00000225. The average molecular weight is 408 g/mol. The monoisotopic (exact) mass is 407 g/mol. The first-order valence-electron chi connectivity index (χ1n) is 8.27. The number of carbonyl (C=O) groups excluding carboxylic acids is 1. The van der Waals surface area contributed by atoms with Crippen molar-refractivity contribution in [2.75, 3.05) is 31.5 Å². The lowest BCUT2D eigenvalue weighted by molar-refractivity contribution is -0.115. The molecule has 1 aliphatic heterocycles. The van der Waals surface area contributed by atoms with Crippen molar-refractivity contribution in [3.05, 3.63) is 23.2 Å². The second kappa shape index (κ2) is 8.68. The van der Waals surface area contributed by atoms with Crippen LogP contribution in [0.15, 0.2) is 23.1 Å². The molecule has 3 rings (SSSR count). The lowest BCUT2D eigenvalue weighted by Gasteiger charge is -2.17. The molecule has 1 amide bonds. The van der Waals surface area contributed by atoms with Gasteiger partial charge in [-0.1, -0.05) is 11.6 Å². The molecule has 0 aromatic heterocycles. The molecule has 1 saturated carbocycles. The molecule has 0 atom stereocenters. The van der Waals surface area contributed by atoms with E-state index in [-0.39, 0.29) is 34.8 Å². The van der Waals surface area contributed by atoms with Gasteiger partial charge >= 0.3 is 0 Å². The van der Waals surface area contributed by atoms with Gasteiger partial charge in [0.05, 0.1) is 11.6 Å². The Morgan fingerprint density at radius 1 is 1.24 bits per heavy atom. The van der Waals surface area contributed by atoms with Crippen molar-refractivity contribution >= 4 is 45.6 Å². The third-order valence-electron chi connectivity index (χ3n) is 4.31. The summed E-state index contributed by atoms with van der Waals surface area (Å²) in [6.07, 6.45) is 4.17. The molecule has 0 bridgehead atoms. The molecule has 9 heteroatoms. The quantitative estimate of drug-likeness (QED) is 0.727. The second-order valence-corrected chi connectivity index (χ2v) is 8.69. The number of rotatable bonds is 7. The lowest BCUT2D eigenvalue weighted by Crippen LogP contribution is -2.30. The molecule has 2 N–H and O–H groups in total. The van der Waals surface area contributed by atoms with E-state index in [1.807, 2.05) is 0 Å². The van der Waals surface area contributed by atoms with Gasteiger partial charge in [-0.25, -0.2) is 8.42 Å². The van der Waals surface area contributed by atoms with Crippen molar-refractivity contribution in [1.82, 2.24) is 9.62 Å². The third-order valence-corrected chi connectivity index (χ3v) is 6.69. The molecule has 25 heavy (non-hydrogen) atoms. The summed E-state index contributed by atoms with van der Waals surface area (Å²) < 4.78 is 26.8. The second-order valence-electron chi connectivity index (χ2n) is 6.38. The smallest absolute Gasteiger partial charge is 0.244 e. The zero-order valence-corrected chi connectivity index (χ0v) is 16.2. The van der Waals surface area contributed by atoms with Crippen LogP contribution in [-0.4, -0.2) is 44.8 Å². The fourth-order valence-corrected chi connectivity index (χ4v) is 4.78. The molecule has 140 valence electrons. The molecule has 0 spiro atoms. The van der Waals surface area contributed by atoms with Crippen LogP contribution in [0, 0.1) is 5.92 Å². The van der Waals surface area contributed by atoms with Gasteiger partial charge < -0.3 is 10.6 Å². The number of nitrogens with one attached hydrogen (secondary N) is 2. The Kier molecular flexibility index (Phi) is 7.10. The van der Waals surface area contributed by atoms with E-state index >= 15 is 0 Å². The molecule has 1 aliphatic carbocycles. The maximum Gasteiger partial charge on any atom is 0.244 e. The third kappa shape index (κ3) is 5.31. The number of nitrogens with zero attached hydrogens (tertiary/aromatic N) is 1. The number of carbonyl (C=O) groups is 1. The van der Waals surface area contributed by atoms with E-state index in [1.165, 1.54) is 29.3 Å². The zero-order valence-electron chi connectivity index (χ0n) is 13.8. The van der Waals surface area contributed by atoms with Crippen LogP contribution in [0.4, 0.5) is 5.69 Å². The van der Waals surface area contributed by atoms with E-state index in [9.17, 15) is 13.2 Å². The van der Waals surface area contributed by atoms with Gasteiger partial charge in [0.1, 0.15) is 4.90 Å². The molecule has 1 aromatic carbocycles.